The van der Waals surface area contributed by atoms with E-state index >= 15 is 0 Å². The summed E-state index contributed by atoms with van der Waals surface area (Å²) < 4.78 is 20.2. The fraction of sp³-hybridized carbons (Fsp3) is 0.259. The van der Waals surface area contributed by atoms with Gasteiger partial charge in [0, 0.05) is 24.0 Å². The quantitative estimate of drug-likeness (QED) is 0.402. The van der Waals surface area contributed by atoms with Crippen molar-refractivity contribution in [3.8, 4) is 5.75 Å². The second-order valence-corrected chi connectivity index (χ2v) is 8.80. The molecule has 2 amide bonds. The molecule has 0 aromatic heterocycles. The number of hydrogen-bond donors (Lipinski definition) is 1. The molecule has 0 aliphatic heterocycles. The van der Waals surface area contributed by atoms with Crippen LogP contribution in [0.15, 0.2) is 77.3 Å². The fourth-order valence-corrected chi connectivity index (χ4v) is 3.81. The SMILES string of the molecule is CCNC(=O)[C@@H](Cc1ccccc1)N(Cc1ccc(F)cc1)C(=O)COc1ccc(Br)c(C)c1. The number of benzene rings is 3. The summed E-state index contributed by atoms with van der Waals surface area (Å²) in [6, 6.07) is 20.2. The molecule has 0 aliphatic rings. The van der Waals surface area contributed by atoms with Crippen molar-refractivity contribution in [2.24, 2.45) is 0 Å². The first-order chi connectivity index (χ1) is 16.4. The number of aryl methyl sites for hydroxylation is 1. The Kier molecular flexibility index (Phi) is 9.22. The van der Waals surface area contributed by atoms with Crippen molar-refractivity contribution >= 4 is 27.7 Å². The molecular weight excluding hydrogens is 499 g/mol. The van der Waals surface area contributed by atoms with Gasteiger partial charge in [-0.05, 0) is 60.9 Å². The maximum absolute atomic E-state index is 13.5. The van der Waals surface area contributed by atoms with Crippen LogP contribution < -0.4 is 10.1 Å². The van der Waals surface area contributed by atoms with E-state index in [-0.39, 0.29) is 30.8 Å². The van der Waals surface area contributed by atoms with Crippen LogP contribution in [0.25, 0.3) is 0 Å². The van der Waals surface area contributed by atoms with Gasteiger partial charge in [-0.25, -0.2) is 4.39 Å². The molecule has 3 aromatic carbocycles. The average molecular weight is 527 g/mol. The minimum absolute atomic E-state index is 0.149. The average Bonchev–Trinajstić information content (AvgIpc) is 2.84. The summed E-state index contributed by atoms with van der Waals surface area (Å²) in [7, 11) is 0. The Morgan fingerprint density at radius 2 is 1.74 bits per heavy atom. The lowest BCUT2D eigenvalue weighted by Gasteiger charge is -2.31. The minimum atomic E-state index is -0.754. The Morgan fingerprint density at radius 1 is 1.03 bits per heavy atom. The van der Waals surface area contributed by atoms with Gasteiger partial charge in [-0.2, -0.15) is 0 Å². The van der Waals surface area contributed by atoms with E-state index in [1.807, 2.05) is 56.3 Å². The number of likely N-dealkylation sites (N-methyl/N-ethyl adjacent to an activating group) is 1. The highest BCUT2D eigenvalue weighted by Gasteiger charge is 2.30. The predicted molar refractivity (Wildman–Crippen MR) is 134 cm³/mol. The summed E-state index contributed by atoms with van der Waals surface area (Å²) in [6.07, 6.45) is 0.344. The molecular formula is C27H28BrFN2O3. The number of halogens is 2. The van der Waals surface area contributed by atoms with Crippen LogP contribution in [0.1, 0.15) is 23.6 Å². The molecule has 1 atom stereocenters. The summed E-state index contributed by atoms with van der Waals surface area (Å²) in [5.41, 5.74) is 2.63. The molecule has 0 heterocycles. The van der Waals surface area contributed by atoms with Crippen LogP contribution in [-0.4, -0.2) is 35.9 Å². The third-order valence-electron chi connectivity index (χ3n) is 5.38. The lowest BCUT2D eigenvalue weighted by atomic mass is 10.0. The zero-order valence-electron chi connectivity index (χ0n) is 19.3. The fourth-order valence-electron chi connectivity index (χ4n) is 3.57. The van der Waals surface area contributed by atoms with Gasteiger partial charge in [0.25, 0.3) is 5.91 Å². The molecule has 3 rings (SSSR count). The highest BCUT2D eigenvalue weighted by atomic mass is 79.9. The first-order valence-corrected chi connectivity index (χ1v) is 11.9. The highest BCUT2D eigenvalue weighted by molar-refractivity contribution is 9.10. The van der Waals surface area contributed by atoms with Crippen molar-refractivity contribution in [2.75, 3.05) is 13.2 Å². The van der Waals surface area contributed by atoms with E-state index in [9.17, 15) is 14.0 Å². The Bertz CT molecular complexity index is 1110. The lowest BCUT2D eigenvalue weighted by molar-refractivity contribution is -0.142. The second-order valence-electron chi connectivity index (χ2n) is 7.95. The van der Waals surface area contributed by atoms with E-state index in [0.29, 0.717) is 18.7 Å². The number of amides is 2. The lowest BCUT2D eigenvalue weighted by Crippen LogP contribution is -2.51. The third-order valence-corrected chi connectivity index (χ3v) is 6.27. The summed E-state index contributed by atoms with van der Waals surface area (Å²) in [5.74, 6) is -0.382. The normalized spacial score (nSPS) is 11.5. The van der Waals surface area contributed by atoms with Gasteiger partial charge in [0.1, 0.15) is 17.6 Å². The first-order valence-electron chi connectivity index (χ1n) is 11.1. The van der Waals surface area contributed by atoms with Crippen LogP contribution in [-0.2, 0) is 22.6 Å². The van der Waals surface area contributed by atoms with Crippen LogP contribution in [0.5, 0.6) is 5.75 Å². The molecule has 7 heteroatoms. The zero-order chi connectivity index (χ0) is 24.5. The molecule has 0 saturated heterocycles. The van der Waals surface area contributed by atoms with Crippen molar-refractivity contribution in [1.82, 2.24) is 10.2 Å². The first kappa shape index (κ1) is 25.4. The van der Waals surface area contributed by atoms with E-state index < -0.39 is 6.04 Å². The van der Waals surface area contributed by atoms with Gasteiger partial charge >= 0.3 is 0 Å². The number of carbonyl (C=O) groups is 2. The molecule has 34 heavy (non-hydrogen) atoms. The molecule has 0 bridgehead atoms. The van der Waals surface area contributed by atoms with E-state index in [0.717, 1.165) is 21.2 Å². The minimum Gasteiger partial charge on any atom is -0.484 e. The second kappa shape index (κ2) is 12.3. The highest BCUT2D eigenvalue weighted by Crippen LogP contribution is 2.22. The number of nitrogens with zero attached hydrogens (tertiary/aromatic N) is 1. The van der Waals surface area contributed by atoms with Crippen LogP contribution in [0.4, 0.5) is 4.39 Å². The van der Waals surface area contributed by atoms with Gasteiger partial charge in [0.15, 0.2) is 6.61 Å². The molecule has 0 saturated carbocycles. The molecule has 0 unspecified atom stereocenters. The van der Waals surface area contributed by atoms with Crippen molar-refractivity contribution in [3.05, 3.63) is 99.8 Å². The van der Waals surface area contributed by atoms with E-state index in [4.69, 9.17) is 4.74 Å². The van der Waals surface area contributed by atoms with E-state index in [2.05, 4.69) is 21.2 Å². The Labute approximate surface area is 208 Å². The van der Waals surface area contributed by atoms with Gasteiger partial charge in [-0.3, -0.25) is 9.59 Å². The summed E-state index contributed by atoms with van der Waals surface area (Å²) >= 11 is 3.45. The molecule has 0 aliphatic carbocycles. The summed E-state index contributed by atoms with van der Waals surface area (Å²) in [6.45, 7) is 4.13. The van der Waals surface area contributed by atoms with E-state index in [1.165, 1.54) is 17.0 Å². The summed E-state index contributed by atoms with van der Waals surface area (Å²) in [4.78, 5) is 28.0. The molecule has 5 nitrogen and oxygen atoms in total. The topological polar surface area (TPSA) is 58.6 Å². The number of nitrogens with one attached hydrogen (secondary N) is 1. The van der Waals surface area contributed by atoms with Crippen LogP contribution in [0.2, 0.25) is 0 Å². The molecule has 1 N–H and O–H groups in total. The van der Waals surface area contributed by atoms with Crippen LogP contribution >= 0.6 is 15.9 Å². The van der Waals surface area contributed by atoms with Gasteiger partial charge < -0.3 is 15.0 Å². The standard InChI is InChI=1S/C27H28BrFN2O3/c1-3-30-27(33)25(16-20-7-5-4-6-8-20)31(17-21-9-11-22(29)12-10-21)26(32)18-34-23-13-14-24(28)19(2)15-23/h4-15,25H,3,16-18H2,1-2H3,(H,30,33)/t25-/m1/s1. The number of hydrogen-bond acceptors (Lipinski definition) is 3. The molecule has 178 valence electrons. The van der Waals surface area contributed by atoms with E-state index in [1.54, 1.807) is 18.2 Å². The van der Waals surface area contributed by atoms with Gasteiger partial charge in [-0.1, -0.05) is 58.4 Å². The van der Waals surface area contributed by atoms with Crippen LogP contribution in [0.3, 0.4) is 0 Å². The molecule has 0 fully saturated rings. The Hall–Kier alpha value is -3.19. The Morgan fingerprint density at radius 3 is 2.38 bits per heavy atom. The monoisotopic (exact) mass is 526 g/mol. The van der Waals surface area contributed by atoms with Gasteiger partial charge in [-0.15, -0.1) is 0 Å². The third kappa shape index (κ3) is 7.15. The maximum Gasteiger partial charge on any atom is 0.261 e. The van der Waals surface area contributed by atoms with Crippen LogP contribution in [0, 0.1) is 12.7 Å². The summed E-state index contributed by atoms with van der Waals surface area (Å²) in [5, 5.41) is 2.84. The van der Waals surface area contributed by atoms with Crippen molar-refractivity contribution in [1.29, 1.82) is 0 Å². The Balaban J connectivity index is 1.88. The smallest absolute Gasteiger partial charge is 0.261 e. The largest absolute Gasteiger partial charge is 0.484 e. The van der Waals surface area contributed by atoms with Gasteiger partial charge in [0.2, 0.25) is 5.91 Å². The molecule has 3 aromatic rings. The predicted octanol–water partition coefficient (Wildman–Crippen LogP) is 5.05. The molecule has 0 spiro atoms. The van der Waals surface area contributed by atoms with Crippen molar-refractivity contribution < 1.29 is 18.7 Å². The van der Waals surface area contributed by atoms with Crippen molar-refractivity contribution in [2.45, 2.75) is 32.9 Å². The van der Waals surface area contributed by atoms with Crippen molar-refractivity contribution in [3.63, 3.8) is 0 Å². The molecule has 0 radical (unpaired) electrons. The number of carbonyl (C=O) groups excluding carboxylic acids is 2. The maximum atomic E-state index is 13.5. The number of rotatable bonds is 10. The number of ether oxygens (including phenoxy) is 1. The van der Waals surface area contributed by atoms with Gasteiger partial charge in [0.05, 0.1) is 0 Å². The zero-order valence-corrected chi connectivity index (χ0v) is 20.8.